The van der Waals surface area contributed by atoms with Gasteiger partial charge in [0.1, 0.15) is 0 Å². The van der Waals surface area contributed by atoms with E-state index in [1.54, 1.807) is 0 Å². The minimum atomic E-state index is -1.13. The fourth-order valence-electron chi connectivity index (χ4n) is 1.62. The summed E-state index contributed by atoms with van der Waals surface area (Å²) in [7, 11) is -1.13. The standard InChI is InChI=1S/C10H20NOS.C10H14N.Mn/c1-7-9(8(2)3)11-13(12)10(4,5)6;1-2-3-9-11-10-7-5-4-6-8-10;/h7-8H,1-6H3;4-8H,2-3,9H2,1H3;/q2*-1;+2/b9-7-;;. The van der Waals surface area contributed by atoms with E-state index in [0.29, 0.717) is 5.92 Å². The summed E-state index contributed by atoms with van der Waals surface area (Å²) < 4.78 is 15.6. The SMILES string of the molecule is C/C=C(\[N-]S(=O)C(C)(C)C)C(C)C.CCCC[N-]c1ccccc1.[Mn+2]. The van der Waals surface area contributed by atoms with Crippen molar-refractivity contribution in [2.75, 3.05) is 6.54 Å². The Morgan fingerprint density at radius 3 is 2.16 bits per heavy atom. The molecule has 1 unspecified atom stereocenters. The second-order valence-corrected chi connectivity index (χ2v) is 8.80. The smallest absolute Gasteiger partial charge is 0.684 e. The molecule has 0 saturated heterocycles. The summed E-state index contributed by atoms with van der Waals surface area (Å²) >= 11 is 0. The van der Waals surface area contributed by atoms with Gasteiger partial charge in [-0.05, 0) is 33.6 Å². The molecule has 0 saturated carbocycles. The average molecular weight is 406 g/mol. The Kier molecular flexibility index (Phi) is 15.2. The van der Waals surface area contributed by atoms with Crippen molar-refractivity contribution >= 4 is 16.7 Å². The van der Waals surface area contributed by atoms with Crippen molar-refractivity contribution in [1.82, 2.24) is 0 Å². The van der Waals surface area contributed by atoms with Gasteiger partial charge in [-0.1, -0.05) is 74.9 Å². The van der Waals surface area contributed by atoms with Gasteiger partial charge in [0.05, 0.1) is 0 Å². The monoisotopic (exact) mass is 405 g/mol. The number of allylic oxidation sites excluding steroid dienone is 2. The average Bonchev–Trinajstić information content (AvgIpc) is 2.53. The minimum absolute atomic E-state index is 0. The van der Waals surface area contributed by atoms with Gasteiger partial charge in [-0.15, -0.1) is 18.3 Å². The summed E-state index contributed by atoms with van der Waals surface area (Å²) in [5.41, 5.74) is 2.02. The molecule has 0 fully saturated rings. The normalized spacial score (nSPS) is 12.6. The molecule has 1 rings (SSSR count). The van der Waals surface area contributed by atoms with Gasteiger partial charge in [-0.2, -0.15) is 5.70 Å². The van der Waals surface area contributed by atoms with Crippen LogP contribution in [0.4, 0.5) is 5.69 Å². The third-order valence-corrected chi connectivity index (χ3v) is 4.59. The zero-order valence-corrected chi connectivity index (χ0v) is 18.7. The van der Waals surface area contributed by atoms with E-state index in [1.165, 1.54) is 12.8 Å². The van der Waals surface area contributed by atoms with Crippen molar-refractivity contribution in [1.29, 1.82) is 0 Å². The number of nitrogens with zero attached hydrogens (tertiary/aromatic N) is 2. The minimum Gasteiger partial charge on any atom is -0.684 e. The molecule has 25 heavy (non-hydrogen) atoms. The molecule has 3 nitrogen and oxygen atoms in total. The van der Waals surface area contributed by atoms with Crippen molar-refractivity contribution in [2.24, 2.45) is 5.92 Å². The molecule has 1 radical (unpaired) electrons. The molecule has 143 valence electrons. The zero-order valence-electron chi connectivity index (χ0n) is 16.8. The predicted octanol–water partition coefficient (Wildman–Crippen LogP) is 6.87. The fourth-order valence-corrected chi connectivity index (χ4v) is 2.41. The maximum absolute atomic E-state index is 11.6. The first-order chi connectivity index (χ1) is 11.2. The molecule has 0 aromatic heterocycles. The number of hydrogen-bond donors (Lipinski definition) is 0. The molecule has 0 aliphatic rings. The molecule has 5 heteroatoms. The van der Waals surface area contributed by atoms with E-state index in [0.717, 1.165) is 17.9 Å². The van der Waals surface area contributed by atoms with Gasteiger partial charge in [0.25, 0.3) is 0 Å². The Morgan fingerprint density at radius 2 is 1.76 bits per heavy atom. The number of para-hydroxylation sites is 1. The molecule has 0 spiro atoms. The Hall–Kier alpha value is -0.771. The number of benzene rings is 1. The predicted molar refractivity (Wildman–Crippen MR) is 109 cm³/mol. The van der Waals surface area contributed by atoms with Crippen molar-refractivity contribution in [2.45, 2.75) is 66.1 Å². The van der Waals surface area contributed by atoms with Gasteiger partial charge >= 0.3 is 17.1 Å². The second kappa shape index (κ2) is 14.4. The Labute approximate surface area is 168 Å². The molecular weight excluding hydrogens is 371 g/mol. The van der Waals surface area contributed by atoms with Gasteiger partial charge in [-0.25, -0.2) is 0 Å². The van der Waals surface area contributed by atoms with Gasteiger partial charge in [-0.3, -0.25) is 4.21 Å². The quantitative estimate of drug-likeness (QED) is 0.360. The van der Waals surface area contributed by atoms with Gasteiger partial charge in [0, 0.05) is 4.75 Å². The molecule has 0 aliphatic heterocycles. The number of hydrogen-bond acceptors (Lipinski definition) is 1. The molecule has 0 N–H and O–H groups in total. The summed E-state index contributed by atoms with van der Waals surface area (Å²) in [5.74, 6) is 0.344. The molecule has 0 amide bonds. The van der Waals surface area contributed by atoms with Crippen LogP contribution < -0.4 is 0 Å². The summed E-state index contributed by atoms with van der Waals surface area (Å²) in [6, 6.07) is 10.1. The van der Waals surface area contributed by atoms with Crippen molar-refractivity contribution in [3.05, 3.63) is 52.1 Å². The Balaban J connectivity index is 0. The van der Waals surface area contributed by atoms with Gasteiger partial charge < -0.3 is 10.0 Å². The Morgan fingerprint density at radius 1 is 1.20 bits per heavy atom. The van der Waals surface area contributed by atoms with Gasteiger partial charge in [0.15, 0.2) is 0 Å². The third-order valence-electron chi connectivity index (χ3n) is 3.16. The van der Waals surface area contributed by atoms with E-state index in [9.17, 15) is 4.21 Å². The van der Waals surface area contributed by atoms with Crippen LogP contribution in [-0.2, 0) is 28.1 Å². The maximum Gasteiger partial charge on any atom is 2.00 e. The van der Waals surface area contributed by atoms with E-state index in [2.05, 4.69) is 30.8 Å². The molecule has 0 heterocycles. The van der Waals surface area contributed by atoms with Crippen LogP contribution in [0.15, 0.2) is 42.1 Å². The molecule has 1 aromatic carbocycles. The van der Waals surface area contributed by atoms with Crippen LogP contribution in [0.5, 0.6) is 0 Å². The summed E-state index contributed by atoms with van der Waals surface area (Å²) in [6.07, 6.45) is 4.33. The number of rotatable bonds is 7. The van der Waals surface area contributed by atoms with Crippen molar-refractivity contribution < 1.29 is 21.3 Å². The van der Waals surface area contributed by atoms with Crippen LogP contribution in [0.25, 0.3) is 10.0 Å². The topological polar surface area (TPSA) is 45.3 Å². The van der Waals surface area contributed by atoms with E-state index < -0.39 is 11.0 Å². The van der Waals surface area contributed by atoms with Crippen molar-refractivity contribution in [3.8, 4) is 0 Å². The van der Waals surface area contributed by atoms with Crippen molar-refractivity contribution in [3.63, 3.8) is 0 Å². The van der Waals surface area contributed by atoms with Crippen LogP contribution in [0.1, 0.15) is 61.3 Å². The summed E-state index contributed by atoms with van der Waals surface area (Å²) in [5, 5.41) is 4.40. The van der Waals surface area contributed by atoms with E-state index in [-0.39, 0.29) is 21.8 Å². The molecule has 1 atom stereocenters. The van der Waals surface area contributed by atoms with Crippen LogP contribution in [0.3, 0.4) is 0 Å². The first-order valence-electron chi connectivity index (χ1n) is 8.74. The van der Waals surface area contributed by atoms with E-state index in [1.807, 2.05) is 64.1 Å². The molecule has 0 bridgehead atoms. The van der Waals surface area contributed by atoms with E-state index in [4.69, 9.17) is 0 Å². The maximum atomic E-state index is 11.6. The third kappa shape index (κ3) is 13.1. The number of unbranched alkanes of at least 4 members (excludes halogenated alkanes) is 1. The second-order valence-electron chi connectivity index (χ2n) is 6.89. The van der Waals surface area contributed by atoms with Gasteiger partial charge in [0.2, 0.25) is 0 Å². The van der Waals surface area contributed by atoms with Crippen LogP contribution in [-0.4, -0.2) is 15.5 Å². The zero-order chi connectivity index (χ0) is 18.6. The van der Waals surface area contributed by atoms with Crippen LogP contribution in [0.2, 0.25) is 0 Å². The van der Waals surface area contributed by atoms with Crippen LogP contribution in [0, 0.1) is 5.92 Å². The summed E-state index contributed by atoms with van der Waals surface area (Å²) in [4.78, 5) is 0. The van der Waals surface area contributed by atoms with E-state index >= 15 is 0 Å². The summed E-state index contributed by atoms with van der Waals surface area (Å²) in [6.45, 7) is 15.0. The first-order valence-corrected chi connectivity index (χ1v) is 9.85. The molecule has 0 aliphatic carbocycles. The van der Waals surface area contributed by atoms with Crippen LogP contribution >= 0.6 is 0 Å². The fraction of sp³-hybridized carbons (Fsp3) is 0.600. The Bertz CT molecular complexity index is 496. The molecular formula is C20H34MnN2OS. The largest absolute Gasteiger partial charge is 2.00 e. The first kappa shape index (κ1) is 26.5. The molecule has 1 aromatic rings.